The lowest BCUT2D eigenvalue weighted by atomic mass is 10.1. The minimum absolute atomic E-state index is 0.299. The molecule has 6 nitrogen and oxygen atoms in total. The molecule has 144 valence electrons. The van der Waals surface area contributed by atoms with Gasteiger partial charge >= 0.3 is 12.2 Å². The predicted octanol–water partition coefficient (Wildman–Crippen LogP) is 4.07. The lowest BCUT2D eigenvalue weighted by Gasteiger charge is -2.28. The molecule has 3 rings (SSSR count). The summed E-state index contributed by atoms with van der Waals surface area (Å²) in [5.41, 5.74) is -0.874. The second-order valence-electron chi connectivity index (χ2n) is 5.75. The Kier molecular flexibility index (Phi) is 5.32. The monoisotopic (exact) mass is 453 g/mol. The molecule has 1 aliphatic rings. The van der Waals surface area contributed by atoms with E-state index in [9.17, 15) is 27.6 Å². The fraction of sp³-hybridized carbons (Fsp3) is 0.111. The highest BCUT2D eigenvalue weighted by Gasteiger charge is 2.41. The van der Waals surface area contributed by atoms with Gasteiger partial charge in [-0.2, -0.15) is 13.2 Å². The van der Waals surface area contributed by atoms with Crippen LogP contribution >= 0.6 is 15.9 Å². The van der Waals surface area contributed by atoms with Crippen molar-refractivity contribution in [1.29, 1.82) is 0 Å². The molecule has 1 aliphatic heterocycles. The first-order valence-corrected chi connectivity index (χ1v) is 8.62. The van der Waals surface area contributed by atoms with Crippen LogP contribution in [0.1, 0.15) is 5.56 Å². The van der Waals surface area contributed by atoms with Gasteiger partial charge in [-0.25, -0.2) is 9.69 Å². The Morgan fingerprint density at radius 3 is 2.39 bits per heavy atom. The first-order chi connectivity index (χ1) is 13.2. The van der Waals surface area contributed by atoms with Gasteiger partial charge in [0.25, 0.3) is 5.91 Å². The van der Waals surface area contributed by atoms with Crippen LogP contribution in [0, 0.1) is 5.92 Å². The number of hydrogen-bond donors (Lipinski definition) is 1. The summed E-state index contributed by atoms with van der Waals surface area (Å²) in [5.74, 6) is -3.36. The highest BCUT2D eigenvalue weighted by Crippen LogP contribution is 2.32. The Balaban J connectivity index is 1.91. The fourth-order valence-electron chi connectivity index (χ4n) is 2.48. The average molecular weight is 454 g/mol. The number of rotatable bonds is 3. The van der Waals surface area contributed by atoms with Crippen molar-refractivity contribution in [3.8, 4) is 0 Å². The van der Waals surface area contributed by atoms with Crippen molar-refractivity contribution in [3.63, 3.8) is 0 Å². The van der Waals surface area contributed by atoms with E-state index in [1.807, 2.05) is 5.32 Å². The van der Waals surface area contributed by atoms with Gasteiger partial charge in [-0.05, 0) is 42.5 Å². The molecule has 0 unspecified atom stereocenters. The molecule has 2 aromatic rings. The molecule has 1 saturated heterocycles. The molecule has 0 aliphatic carbocycles. The Morgan fingerprint density at radius 1 is 1.07 bits per heavy atom. The SMILES string of the molecule is O=C1NC(=O)N(c2cccc(C(F)(F)F)c2)C(=O)[C@@H]1C=Nc1ccc(Br)cc1. The van der Waals surface area contributed by atoms with Crippen LogP contribution in [-0.2, 0) is 15.8 Å². The van der Waals surface area contributed by atoms with Gasteiger partial charge in [-0.15, -0.1) is 0 Å². The number of nitrogens with zero attached hydrogens (tertiary/aromatic N) is 2. The number of halogens is 4. The van der Waals surface area contributed by atoms with E-state index in [4.69, 9.17) is 0 Å². The van der Waals surface area contributed by atoms with E-state index >= 15 is 0 Å². The van der Waals surface area contributed by atoms with E-state index in [1.54, 1.807) is 24.3 Å². The van der Waals surface area contributed by atoms with Gasteiger partial charge < -0.3 is 0 Å². The number of carbonyl (C=O) groups is 3. The molecule has 0 saturated carbocycles. The minimum atomic E-state index is -4.65. The van der Waals surface area contributed by atoms with Gasteiger partial charge in [-0.3, -0.25) is 19.9 Å². The second kappa shape index (κ2) is 7.55. The molecule has 4 amide bonds. The maximum Gasteiger partial charge on any atom is 0.416 e. The largest absolute Gasteiger partial charge is 0.416 e. The van der Waals surface area contributed by atoms with E-state index in [2.05, 4.69) is 20.9 Å². The lowest BCUT2D eigenvalue weighted by Crippen LogP contribution is -2.58. The third-order valence-corrected chi connectivity index (χ3v) is 4.36. The van der Waals surface area contributed by atoms with Crippen LogP contribution in [0.2, 0.25) is 0 Å². The van der Waals surface area contributed by atoms with Crippen molar-refractivity contribution in [2.45, 2.75) is 6.18 Å². The zero-order valence-electron chi connectivity index (χ0n) is 13.9. The van der Waals surface area contributed by atoms with Gasteiger partial charge in [0.15, 0.2) is 5.92 Å². The summed E-state index contributed by atoms with van der Waals surface area (Å²) in [4.78, 5) is 41.3. The second-order valence-corrected chi connectivity index (χ2v) is 6.66. The maximum absolute atomic E-state index is 12.9. The molecule has 1 N–H and O–H groups in total. The van der Waals surface area contributed by atoms with Crippen LogP contribution < -0.4 is 10.2 Å². The van der Waals surface area contributed by atoms with Gasteiger partial charge in [-0.1, -0.05) is 22.0 Å². The summed E-state index contributed by atoms with van der Waals surface area (Å²) >= 11 is 3.26. The summed E-state index contributed by atoms with van der Waals surface area (Å²) in [6.45, 7) is 0. The van der Waals surface area contributed by atoms with Gasteiger partial charge in [0.1, 0.15) is 0 Å². The molecule has 2 aromatic carbocycles. The van der Waals surface area contributed by atoms with Crippen molar-refractivity contribution in [2.24, 2.45) is 10.9 Å². The summed E-state index contributed by atoms with van der Waals surface area (Å²) < 4.78 is 39.6. The number of nitrogens with one attached hydrogen (secondary N) is 1. The number of barbiturate groups is 1. The molecule has 0 spiro atoms. The van der Waals surface area contributed by atoms with E-state index in [-0.39, 0.29) is 5.69 Å². The van der Waals surface area contributed by atoms with Crippen molar-refractivity contribution in [1.82, 2.24) is 5.32 Å². The number of amides is 4. The van der Waals surface area contributed by atoms with E-state index in [0.717, 1.165) is 22.8 Å². The lowest BCUT2D eigenvalue weighted by molar-refractivity contribution is -0.138. The topological polar surface area (TPSA) is 78.8 Å². The highest BCUT2D eigenvalue weighted by atomic mass is 79.9. The molecule has 28 heavy (non-hydrogen) atoms. The smallest absolute Gasteiger partial charge is 0.276 e. The van der Waals surface area contributed by atoms with Crippen molar-refractivity contribution in [3.05, 3.63) is 58.6 Å². The third-order valence-electron chi connectivity index (χ3n) is 3.83. The van der Waals surface area contributed by atoms with Gasteiger partial charge in [0.05, 0.1) is 16.9 Å². The Hall–Kier alpha value is -3.01. The Bertz CT molecular complexity index is 974. The molecular formula is C18H11BrF3N3O3. The van der Waals surface area contributed by atoms with Crippen LogP contribution in [0.15, 0.2) is 58.0 Å². The summed E-state index contributed by atoms with van der Waals surface area (Å²) in [6, 6.07) is 9.25. The highest BCUT2D eigenvalue weighted by molar-refractivity contribution is 9.10. The normalized spacial score (nSPS) is 17.9. The number of imide groups is 2. The zero-order valence-corrected chi connectivity index (χ0v) is 15.5. The first kappa shape index (κ1) is 19.7. The van der Waals surface area contributed by atoms with E-state index in [0.29, 0.717) is 16.7 Å². The van der Waals surface area contributed by atoms with E-state index < -0.39 is 35.5 Å². The number of urea groups is 1. The van der Waals surface area contributed by atoms with Crippen molar-refractivity contribution < 1.29 is 27.6 Å². The quantitative estimate of drug-likeness (QED) is 0.561. The number of benzene rings is 2. The molecule has 0 radical (unpaired) electrons. The molecule has 1 heterocycles. The van der Waals surface area contributed by atoms with Gasteiger partial charge in [0, 0.05) is 10.7 Å². The summed E-state index contributed by atoms with van der Waals surface area (Å²) in [5, 5.41) is 1.96. The molecule has 10 heteroatoms. The minimum Gasteiger partial charge on any atom is -0.276 e. The fourth-order valence-corrected chi connectivity index (χ4v) is 2.74. The van der Waals surface area contributed by atoms with Crippen LogP contribution in [-0.4, -0.2) is 24.1 Å². The number of anilines is 1. The Morgan fingerprint density at radius 2 is 1.75 bits per heavy atom. The Labute approximate surface area is 165 Å². The van der Waals surface area contributed by atoms with Crippen LogP contribution in [0.4, 0.5) is 29.3 Å². The third kappa shape index (κ3) is 4.11. The van der Waals surface area contributed by atoms with Crippen molar-refractivity contribution in [2.75, 3.05) is 4.90 Å². The van der Waals surface area contributed by atoms with Crippen LogP contribution in [0.3, 0.4) is 0 Å². The van der Waals surface area contributed by atoms with Gasteiger partial charge in [0.2, 0.25) is 5.91 Å². The predicted molar refractivity (Wildman–Crippen MR) is 98.3 cm³/mol. The molecule has 1 fully saturated rings. The maximum atomic E-state index is 12.9. The van der Waals surface area contributed by atoms with Crippen LogP contribution in [0.25, 0.3) is 0 Å². The molecule has 1 atom stereocenters. The first-order valence-electron chi connectivity index (χ1n) is 7.82. The number of aliphatic imine (C=N–C) groups is 1. The zero-order chi connectivity index (χ0) is 20.5. The number of alkyl halides is 3. The van der Waals surface area contributed by atoms with E-state index in [1.165, 1.54) is 6.07 Å². The summed E-state index contributed by atoms with van der Waals surface area (Å²) in [7, 11) is 0. The standard InChI is InChI=1S/C18H11BrF3N3O3/c19-11-4-6-12(7-5-11)23-9-14-15(26)24-17(28)25(16(14)27)13-3-1-2-10(8-13)18(20,21)22/h1-9,14H,(H,24,26,28)/t14-/m1/s1. The average Bonchev–Trinajstić information content (AvgIpc) is 2.62. The number of carbonyl (C=O) groups excluding carboxylic acids is 3. The molecule has 0 aromatic heterocycles. The molecule has 0 bridgehead atoms. The molecular weight excluding hydrogens is 443 g/mol. The number of hydrogen-bond acceptors (Lipinski definition) is 4. The summed E-state index contributed by atoms with van der Waals surface area (Å²) in [6.07, 6.45) is -3.60. The van der Waals surface area contributed by atoms with Crippen LogP contribution in [0.5, 0.6) is 0 Å². The van der Waals surface area contributed by atoms with Crippen molar-refractivity contribution >= 4 is 51.4 Å².